The Balaban J connectivity index is 2.96. The van der Waals surface area contributed by atoms with Gasteiger partial charge in [0, 0.05) is 6.20 Å². The third kappa shape index (κ3) is 1.31. The Kier molecular flexibility index (Phi) is 1.99. The second kappa shape index (κ2) is 2.96. The van der Waals surface area contributed by atoms with Crippen LogP contribution in [0.3, 0.4) is 0 Å². The summed E-state index contributed by atoms with van der Waals surface area (Å²) in [5.41, 5.74) is 0.553. The van der Waals surface area contributed by atoms with Crippen molar-refractivity contribution in [2.45, 2.75) is 6.92 Å². The largest absolute Gasteiger partial charge is 0.506 e. The molecule has 1 aromatic rings. The average Bonchev–Trinajstić information content (AvgIpc) is 2.05. The molecule has 0 amide bonds. The van der Waals surface area contributed by atoms with E-state index in [1.807, 2.05) is 0 Å². The molecule has 0 spiro atoms. The van der Waals surface area contributed by atoms with Crippen LogP contribution in [0.5, 0.6) is 0 Å². The summed E-state index contributed by atoms with van der Waals surface area (Å²) in [5, 5.41) is 9.10. The molecule has 0 bridgehead atoms. The fourth-order valence-electron chi connectivity index (χ4n) is 0.590. The number of rotatable bonds is 1. The van der Waals surface area contributed by atoms with Crippen LogP contribution in [0.1, 0.15) is 12.6 Å². The first-order valence-corrected chi connectivity index (χ1v) is 2.96. The SMILES string of the molecule is CC=C(O)c1ccncn1. The van der Waals surface area contributed by atoms with Gasteiger partial charge in [-0.25, -0.2) is 9.97 Å². The number of nitrogens with zero attached hydrogens (tertiary/aromatic N) is 2. The summed E-state index contributed by atoms with van der Waals surface area (Å²) in [6.45, 7) is 1.75. The van der Waals surface area contributed by atoms with Gasteiger partial charge in [0.2, 0.25) is 0 Å². The maximum Gasteiger partial charge on any atom is 0.137 e. The van der Waals surface area contributed by atoms with E-state index in [2.05, 4.69) is 9.97 Å². The molecular weight excluding hydrogens is 128 g/mol. The lowest BCUT2D eigenvalue weighted by atomic mass is 10.3. The predicted molar refractivity (Wildman–Crippen MR) is 38.3 cm³/mol. The highest BCUT2D eigenvalue weighted by atomic mass is 16.3. The Morgan fingerprint density at radius 2 is 2.50 bits per heavy atom. The lowest BCUT2D eigenvalue weighted by molar-refractivity contribution is 0.507. The van der Waals surface area contributed by atoms with E-state index < -0.39 is 0 Å². The molecule has 0 radical (unpaired) electrons. The third-order valence-electron chi connectivity index (χ3n) is 1.12. The van der Waals surface area contributed by atoms with Crippen molar-refractivity contribution in [1.82, 2.24) is 9.97 Å². The minimum absolute atomic E-state index is 0.183. The molecule has 0 saturated carbocycles. The van der Waals surface area contributed by atoms with E-state index >= 15 is 0 Å². The second-order valence-corrected chi connectivity index (χ2v) is 1.77. The van der Waals surface area contributed by atoms with Crippen LogP contribution < -0.4 is 0 Å². The zero-order valence-corrected chi connectivity index (χ0v) is 5.65. The summed E-state index contributed by atoms with van der Waals surface area (Å²) in [5.74, 6) is 0.183. The highest BCUT2D eigenvalue weighted by molar-refractivity contribution is 5.52. The van der Waals surface area contributed by atoms with Gasteiger partial charge in [0.1, 0.15) is 17.8 Å². The summed E-state index contributed by atoms with van der Waals surface area (Å²) >= 11 is 0. The number of aromatic nitrogens is 2. The van der Waals surface area contributed by atoms with Gasteiger partial charge in [-0.1, -0.05) is 0 Å². The van der Waals surface area contributed by atoms with Crippen molar-refractivity contribution in [3.63, 3.8) is 0 Å². The Hall–Kier alpha value is -1.38. The van der Waals surface area contributed by atoms with E-state index in [0.29, 0.717) is 5.69 Å². The van der Waals surface area contributed by atoms with Crippen molar-refractivity contribution in [3.05, 3.63) is 30.4 Å². The molecule has 3 nitrogen and oxygen atoms in total. The van der Waals surface area contributed by atoms with E-state index in [0.717, 1.165) is 0 Å². The number of hydrogen-bond donors (Lipinski definition) is 1. The maximum absolute atomic E-state index is 9.10. The van der Waals surface area contributed by atoms with Gasteiger partial charge >= 0.3 is 0 Å². The van der Waals surface area contributed by atoms with Crippen molar-refractivity contribution < 1.29 is 5.11 Å². The van der Waals surface area contributed by atoms with E-state index in [1.165, 1.54) is 6.33 Å². The van der Waals surface area contributed by atoms with Crippen LogP contribution in [0.25, 0.3) is 5.76 Å². The summed E-state index contributed by atoms with van der Waals surface area (Å²) in [4.78, 5) is 7.53. The summed E-state index contributed by atoms with van der Waals surface area (Å²) < 4.78 is 0. The van der Waals surface area contributed by atoms with Crippen LogP contribution in [0.2, 0.25) is 0 Å². The molecule has 0 unspecified atom stereocenters. The van der Waals surface area contributed by atoms with Crippen molar-refractivity contribution in [2.24, 2.45) is 0 Å². The first kappa shape index (κ1) is 6.74. The number of hydrogen-bond acceptors (Lipinski definition) is 3. The van der Waals surface area contributed by atoms with E-state index in [1.54, 1.807) is 25.3 Å². The lowest BCUT2D eigenvalue weighted by Crippen LogP contribution is -1.86. The van der Waals surface area contributed by atoms with E-state index in [9.17, 15) is 0 Å². The Morgan fingerprint density at radius 1 is 1.70 bits per heavy atom. The molecule has 1 heterocycles. The molecule has 0 atom stereocenters. The Labute approximate surface area is 59.1 Å². The smallest absolute Gasteiger partial charge is 0.137 e. The minimum Gasteiger partial charge on any atom is -0.506 e. The van der Waals surface area contributed by atoms with Gasteiger partial charge in [-0.2, -0.15) is 0 Å². The number of aliphatic hydroxyl groups is 1. The molecule has 1 N–H and O–H groups in total. The fraction of sp³-hybridized carbons (Fsp3) is 0.143. The molecule has 3 heteroatoms. The zero-order chi connectivity index (χ0) is 7.40. The summed E-state index contributed by atoms with van der Waals surface area (Å²) in [6, 6.07) is 1.65. The van der Waals surface area contributed by atoms with Gasteiger partial charge in [-0.3, -0.25) is 0 Å². The van der Waals surface area contributed by atoms with Crippen molar-refractivity contribution in [1.29, 1.82) is 0 Å². The molecule has 0 saturated heterocycles. The van der Waals surface area contributed by atoms with Crippen LogP contribution >= 0.6 is 0 Å². The van der Waals surface area contributed by atoms with Gasteiger partial charge in [-0.05, 0) is 19.1 Å². The molecular formula is C7H8N2O. The maximum atomic E-state index is 9.10. The average molecular weight is 136 g/mol. The van der Waals surface area contributed by atoms with Crippen molar-refractivity contribution in [3.8, 4) is 0 Å². The summed E-state index contributed by atoms with van der Waals surface area (Å²) in [7, 11) is 0. The van der Waals surface area contributed by atoms with Gasteiger partial charge in [-0.15, -0.1) is 0 Å². The molecule has 1 rings (SSSR count). The van der Waals surface area contributed by atoms with Gasteiger partial charge < -0.3 is 5.11 Å². The monoisotopic (exact) mass is 136 g/mol. The summed E-state index contributed by atoms with van der Waals surface area (Å²) in [6.07, 6.45) is 4.57. The standard InChI is InChI=1S/C7H8N2O/c1-2-7(10)6-3-4-8-5-9-6/h2-5,10H,1H3. The number of aliphatic hydroxyl groups excluding tert-OH is 1. The van der Waals surface area contributed by atoms with E-state index in [-0.39, 0.29) is 5.76 Å². The molecule has 1 aromatic heterocycles. The topological polar surface area (TPSA) is 46.0 Å². The Morgan fingerprint density at radius 3 is 3.00 bits per heavy atom. The fourth-order valence-corrected chi connectivity index (χ4v) is 0.590. The van der Waals surface area contributed by atoms with Crippen LogP contribution in [0.15, 0.2) is 24.7 Å². The normalized spacial score (nSPS) is 11.5. The molecule has 0 aliphatic heterocycles. The lowest BCUT2D eigenvalue weighted by Gasteiger charge is -1.94. The first-order chi connectivity index (χ1) is 4.84. The van der Waals surface area contributed by atoms with Gasteiger partial charge in [0.15, 0.2) is 0 Å². The first-order valence-electron chi connectivity index (χ1n) is 2.96. The Bertz CT molecular complexity index is 231. The predicted octanol–water partition coefficient (Wildman–Crippen LogP) is 1.40. The number of allylic oxidation sites excluding steroid dienone is 1. The van der Waals surface area contributed by atoms with Crippen LogP contribution in [-0.4, -0.2) is 15.1 Å². The molecule has 0 aliphatic carbocycles. The van der Waals surface area contributed by atoms with Crippen LogP contribution in [0, 0.1) is 0 Å². The molecule has 10 heavy (non-hydrogen) atoms. The van der Waals surface area contributed by atoms with E-state index in [4.69, 9.17) is 5.11 Å². The van der Waals surface area contributed by atoms with Gasteiger partial charge in [0.25, 0.3) is 0 Å². The highest BCUT2D eigenvalue weighted by Gasteiger charge is 1.94. The van der Waals surface area contributed by atoms with Gasteiger partial charge in [0.05, 0.1) is 0 Å². The molecule has 0 aromatic carbocycles. The second-order valence-electron chi connectivity index (χ2n) is 1.77. The highest BCUT2D eigenvalue weighted by Crippen LogP contribution is 2.03. The van der Waals surface area contributed by atoms with Crippen LogP contribution in [0.4, 0.5) is 0 Å². The minimum atomic E-state index is 0.183. The van der Waals surface area contributed by atoms with Crippen molar-refractivity contribution in [2.75, 3.05) is 0 Å². The quantitative estimate of drug-likeness (QED) is 0.593. The zero-order valence-electron chi connectivity index (χ0n) is 5.65. The third-order valence-corrected chi connectivity index (χ3v) is 1.12. The molecule has 0 aliphatic rings. The molecule has 0 fully saturated rings. The van der Waals surface area contributed by atoms with Crippen molar-refractivity contribution >= 4 is 5.76 Å². The molecule has 52 valence electrons. The van der Waals surface area contributed by atoms with Crippen LogP contribution in [-0.2, 0) is 0 Å².